The Kier molecular flexibility index (Phi) is 5.40. The number of rotatable bonds is 6. The topological polar surface area (TPSA) is 77.8 Å². The third-order valence-electron chi connectivity index (χ3n) is 2.12. The van der Waals surface area contributed by atoms with Gasteiger partial charge >= 0.3 is 11.9 Å². The number of hydrogen-bond acceptors (Lipinski definition) is 3. The second-order valence-corrected chi connectivity index (χ2v) is 4.51. The van der Waals surface area contributed by atoms with Crippen molar-refractivity contribution >= 4 is 35.1 Å². The minimum absolute atomic E-state index is 0.109. The first-order valence-electron chi connectivity index (χ1n) is 4.98. The zero-order valence-electron chi connectivity index (χ0n) is 9.27. The predicted octanol–water partition coefficient (Wildman–Crippen LogP) is 1.96. The summed E-state index contributed by atoms with van der Waals surface area (Å²) >= 11 is 11.7. The van der Waals surface area contributed by atoms with Crippen LogP contribution in [0.2, 0.25) is 10.0 Å². The molecule has 0 fully saturated rings. The average molecular weight is 292 g/mol. The van der Waals surface area contributed by atoms with E-state index in [0.717, 1.165) is 0 Å². The molecule has 1 aromatic rings. The van der Waals surface area contributed by atoms with Crippen molar-refractivity contribution in [3.63, 3.8) is 0 Å². The van der Waals surface area contributed by atoms with Gasteiger partial charge < -0.3 is 10.2 Å². The Morgan fingerprint density at radius 2 is 1.67 bits per heavy atom. The number of nitrogens with zero attached hydrogens (tertiary/aromatic N) is 1. The summed E-state index contributed by atoms with van der Waals surface area (Å²) < 4.78 is 0. The fourth-order valence-electron chi connectivity index (χ4n) is 1.46. The third kappa shape index (κ3) is 4.91. The quantitative estimate of drug-likeness (QED) is 0.838. The van der Waals surface area contributed by atoms with Crippen molar-refractivity contribution in [3.8, 4) is 0 Å². The number of carbonyl (C=O) groups is 2. The minimum atomic E-state index is -1.10. The molecule has 7 heteroatoms. The molecule has 18 heavy (non-hydrogen) atoms. The second-order valence-electron chi connectivity index (χ2n) is 3.67. The molecule has 0 aliphatic rings. The van der Waals surface area contributed by atoms with E-state index in [1.807, 2.05) is 0 Å². The average Bonchev–Trinajstić information content (AvgIpc) is 2.21. The molecule has 0 spiro atoms. The summed E-state index contributed by atoms with van der Waals surface area (Å²) in [6.45, 7) is -0.651. The molecule has 0 aliphatic heterocycles. The summed E-state index contributed by atoms with van der Waals surface area (Å²) in [6, 6.07) is 4.77. The van der Waals surface area contributed by atoms with Crippen LogP contribution in [0.1, 0.15) is 5.56 Å². The van der Waals surface area contributed by atoms with Crippen molar-refractivity contribution in [2.75, 3.05) is 13.1 Å². The maximum atomic E-state index is 10.6. The molecule has 0 aromatic heterocycles. The van der Waals surface area contributed by atoms with Gasteiger partial charge in [0.2, 0.25) is 0 Å². The lowest BCUT2D eigenvalue weighted by molar-refractivity contribution is -0.142. The Morgan fingerprint density at radius 1 is 1.11 bits per heavy atom. The molecule has 0 heterocycles. The number of halogens is 2. The van der Waals surface area contributed by atoms with Crippen molar-refractivity contribution in [2.45, 2.75) is 6.54 Å². The van der Waals surface area contributed by atoms with E-state index in [9.17, 15) is 9.59 Å². The lowest BCUT2D eigenvalue weighted by Gasteiger charge is -2.18. The van der Waals surface area contributed by atoms with Gasteiger partial charge in [-0.1, -0.05) is 23.2 Å². The van der Waals surface area contributed by atoms with Crippen LogP contribution in [0.25, 0.3) is 0 Å². The van der Waals surface area contributed by atoms with Gasteiger partial charge in [0.25, 0.3) is 0 Å². The van der Waals surface area contributed by atoms with Crippen LogP contribution in [0, 0.1) is 0 Å². The van der Waals surface area contributed by atoms with E-state index in [2.05, 4.69) is 0 Å². The molecule has 98 valence electrons. The molecule has 0 radical (unpaired) electrons. The smallest absolute Gasteiger partial charge is 0.317 e. The molecular formula is C11H11Cl2NO4. The Balaban J connectivity index is 2.84. The summed E-state index contributed by atoms with van der Waals surface area (Å²) in [7, 11) is 0. The normalized spacial score (nSPS) is 10.6. The van der Waals surface area contributed by atoms with Crippen LogP contribution in [0.4, 0.5) is 0 Å². The monoisotopic (exact) mass is 291 g/mol. The van der Waals surface area contributed by atoms with Crippen LogP contribution in [-0.4, -0.2) is 40.1 Å². The zero-order chi connectivity index (χ0) is 13.7. The van der Waals surface area contributed by atoms with Crippen molar-refractivity contribution < 1.29 is 19.8 Å². The van der Waals surface area contributed by atoms with E-state index in [0.29, 0.717) is 15.6 Å². The van der Waals surface area contributed by atoms with Gasteiger partial charge in [0.05, 0.1) is 13.1 Å². The molecule has 0 saturated carbocycles. The van der Waals surface area contributed by atoms with Crippen molar-refractivity contribution in [3.05, 3.63) is 33.8 Å². The van der Waals surface area contributed by atoms with E-state index in [1.165, 1.54) is 4.90 Å². The SMILES string of the molecule is O=C(O)CN(CC(=O)O)Cc1cc(Cl)ccc1Cl. The Hall–Kier alpha value is -1.30. The molecule has 2 N–H and O–H groups in total. The molecule has 0 amide bonds. The minimum Gasteiger partial charge on any atom is -0.480 e. The number of carboxylic acids is 2. The first-order valence-corrected chi connectivity index (χ1v) is 5.74. The number of carboxylic acid groups (broad SMARTS) is 2. The van der Waals surface area contributed by atoms with Crippen LogP contribution < -0.4 is 0 Å². The highest BCUT2D eigenvalue weighted by Gasteiger charge is 2.15. The summed E-state index contributed by atoms with van der Waals surface area (Å²) in [4.78, 5) is 22.5. The Morgan fingerprint density at radius 3 is 2.17 bits per heavy atom. The van der Waals surface area contributed by atoms with E-state index in [4.69, 9.17) is 33.4 Å². The van der Waals surface area contributed by atoms with Gasteiger partial charge in [0.15, 0.2) is 0 Å². The highest BCUT2D eigenvalue weighted by Crippen LogP contribution is 2.21. The summed E-state index contributed by atoms with van der Waals surface area (Å²) in [5.41, 5.74) is 0.590. The van der Waals surface area contributed by atoms with Gasteiger partial charge in [-0.3, -0.25) is 14.5 Å². The Labute approximate surface area is 114 Å². The zero-order valence-corrected chi connectivity index (χ0v) is 10.8. The largest absolute Gasteiger partial charge is 0.480 e. The molecule has 5 nitrogen and oxygen atoms in total. The van der Waals surface area contributed by atoms with Crippen LogP contribution in [-0.2, 0) is 16.1 Å². The maximum Gasteiger partial charge on any atom is 0.317 e. The highest BCUT2D eigenvalue weighted by molar-refractivity contribution is 6.33. The lowest BCUT2D eigenvalue weighted by Crippen LogP contribution is -2.34. The van der Waals surface area contributed by atoms with E-state index < -0.39 is 11.9 Å². The van der Waals surface area contributed by atoms with Gasteiger partial charge in [-0.15, -0.1) is 0 Å². The molecule has 0 unspecified atom stereocenters. The van der Waals surface area contributed by atoms with E-state index >= 15 is 0 Å². The fraction of sp³-hybridized carbons (Fsp3) is 0.273. The highest BCUT2D eigenvalue weighted by atomic mass is 35.5. The lowest BCUT2D eigenvalue weighted by atomic mass is 10.2. The maximum absolute atomic E-state index is 10.6. The van der Waals surface area contributed by atoms with Gasteiger partial charge in [-0.2, -0.15) is 0 Å². The van der Waals surface area contributed by atoms with Crippen molar-refractivity contribution in [1.29, 1.82) is 0 Å². The predicted molar refractivity (Wildman–Crippen MR) is 67.0 cm³/mol. The third-order valence-corrected chi connectivity index (χ3v) is 2.72. The molecule has 1 rings (SSSR count). The molecule has 1 aromatic carbocycles. The molecule has 0 bridgehead atoms. The van der Waals surface area contributed by atoms with Crippen molar-refractivity contribution in [2.24, 2.45) is 0 Å². The summed E-state index contributed by atoms with van der Waals surface area (Å²) in [6.07, 6.45) is 0. The standard InChI is InChI=1S/C11H11Cl2NO4/c12-8-1-2-9(13)7(3-8)4-14(5-10(15)16)6-11(17)18/h1-3H,4-6H2,(H,15,16)(H,17,18). The second kappa shape index (κ2) is 6.58. The first-order chi connectivity index (χ1) is 8.38. The van der Waals surface area contributed by atoms with Gasteiger partial charge in [0, 0.05) is 16.6 Å². The van der Waals surface area contributed by atoms with E-state index in [-0.39, 0.29) is 19.6 Å². The van der Waals surface area contributed by atoms with Crippen LogP contribution in [0.15, 0.2) is 18.2 Å². The van der Waals surface area contributed by atoms with Gasteiger partial charge in [-0.25, -0.2) is 0 Å². The molecule has 0 atom stereocenters. The summed E-state index contributed by atoms with van der Waals surface area (Å²) in [5, 5.41) is 18.3. The van der Waals surface area contributed by atoms with Crippen LogP contribution in [0.5, 0.6) is 0 Å². The van der Waals surface area contributed by atoms with Gasteiger partial charge in [0.1, 0.15) is 0 Å². The summed E-state index contributed by atoms with van der Waals surface area (Å²) in [5.74, 6) is -2.20. The van der Waals surface area contributed by atoms with Crippen LogP contribution >= 0.6 is 23.2 Å². The fourth-order valence-corrected chi connectivity index (χ4v) is 1.83. The first kappa shape index (κ1) is 14.8. The number of hydrogen-bond donors (Lipinski definition) is 2. The number of benzene rings is 1. The molecule has 0 aliphatic carbocycles. The van der Waals surface area contributed by atoms with Gasteiger partial charge in [-0.05, 0) is 23.8 Å². The van der Waals surface area contributed by atoms with Crippen LogP contribution in [0.3, 0.4) is 0 Å². The Bertz CT molecular complexity index is 448. The molecule has 0 saturated heterocycles. The molecular weight excluding hydrogens is 281 g/mol. The van der Waals surface area contributed by atoms with E-state index in [1.54, 1.807) is 18.2 Å². The van der Waals surface area contributed by atoms with Crippen molar-refractivity contribution in [1.82, 2.24) is 4.90 Å². The number of aliphatic carboxylic acids is 2.